The van der Waals surface area contributed by atoms with Gasteiger partial charge in [0.25, 0.3) is 10.0 Å². The Bertz CT molecular complexity index is 915. The third-order valence-corrected chi connectivity index (χ3v) is 4.39. The molecule has 0 saturated carbocycles. The van der Waals surface area contributed by atoms with Gasteiger partial charge in [0.1, 0.15) is 11.6 Å². The van der Waals surface area contributed by atoms with E-state index < -0.39 is 55.7 Å². The molecule has 0 spiro atoms. The number of anilines is 1. The van der Waals surface area contributed by atoms with Crippen molar-refractivity contribution in [1.29, 1.82) is 0 Å². The fourth-order valence-corrected chi connectivity index (χ4v) is 3.05. The van der Waals surface area contributed by atoms with Crippen molar-refractivity contribution in [1.82, 2.24) is 0 Å². The Balaban J connectivity index is 2.59. The van der Waals surface area contributed by atoms with Gasteiger partial charge in [-0.05, 0) is 30.3 Å². The summed E-state index contributed by atoms with van der Waals surface area (Å²) in [5.41, 5.74) is -4.68. The standard InChI is InChI=1S/C14H7F8NO2S/c15-8-4-9(16)6-10(5-8)26(24,25)23-12-3-7(13(17,18)19)1-2-11(12)14(20,21)22/h1-6,23H. The Morgan fingerprint density at radius 3 is 1.77 bits per heavy atom. The number of benzene rings is 2. The minimum absolute atomic E-state index is 0.0484. The van der Waals surface area contributed by atoms with E-state index >= 15 is 0 Å². The molecule has 0 atom stereocenters. The second kappa shape index (κ2) is 6.41. The van der Waals surface area contributed by atoms with Crippen molar-refractivity contribution in [3.8, 4) is 0 Å². The van der Waals surface area contributed by atoms with Crippen molar-refractivity contribution >= 4 is 15.7 Å². The Morgan fingerprint density at radius 1 is 0.769 bits per heavy atom. The predicted octanol–water partition coefficient (Wildman–Crippen LogP) is 4.80. The molecule has 2 aromatic carbocycles. The average molecular weight is 405 g/mol. The summed E-state index contributed by atoms with van der Waals surface area (Å²) < 4.78 is 129. The molecule has 0 aromatic heterocycles. The molecule has 12 heteroatoms. The number of alkyl halides is 6. The fraction of sp³-hybridized carbons (Fsp3) is 0.143. The highest BCUT2D eigenvalue weighted by Gasteiger charge is 2.38. The van der Waals surface area contributed by atoms with Crippen LogP contribution in [0.1, 0.15) is 11.1 Å². The minimum atomic E-state index is -5.19. The number of rotatable bonds is 3. The minimum Gasteiger partial charge on any atom is -0.279 e. The molecule has 0 bridgehead atoms. The van der Waals surface area contributed by atoms with E-state index in [-0.39, 0.29) is 18.2 Å². The van der Waals surface area contributed by atoms with Gasteiger partial charge in [0.2, 0.25) is 0 Å². The zero-order valence-electron chi connectivity index (χ0n) is 12.2. The Morgan fingerprint density at radius 2 is 1.31 bits per heavy atom. The maximum absolute atomic E-state index is 13.1. The molecule has 26 heavy (non-hydrogen) atoms. The lowest BCUT2D eigenvalue weighted by atomic mass is 10.1. The molecule has 0 fully saturated rings. The van der Waals surface area contributed by atoms with Gasteiger partial charge in [0.05, 0.1) is 21.7 Å². The highest BCUT2D eigenvalue weighted by Crippen LogP contribution is 2.39. The van der Waals surface area contributed by atoms with Gasteiger partial charge in [-0.2, -0.15) is 26.3 Å². The molecular formula is C14H7F8NO2S. The third kappa shape index (κ3) is 4.42. The number of hydrogen-bond donors (Lipinski definition) is 1. The molecule has 0 saturated heterocycles. The second-order valence-corrected chi connectivity index (χ2v) is 6.65. The van der Waals surface area contributed by atoms with Crippen molar-refractivity contribution in [3.05, 3.63) is 59.2 Å². The molecule has 1 N–H and O–H groups in total. The van der Waals surface area contributed by atoms with E-state index in [4.69, 9.17) is 0 Å². The largest absolute Gasteiger partial charge is 0.418 e. The summed E-state index contributed by atoms with van der Waals surface area (Å²) in [4.78, 5) is -1.10. The topological polar surface area (TPSA) is 46.2 Å². The molecule has 0 aliphatic rings. The maximum Gasteiger partial charge on any atom is 0.418 e. The normalized spacial score (nSPS) is 12.9. The van der Waals surface area contributed by atoms with Crippen molar-refractivity contribution in [2.75, 3.05) is 4.72 Å². The van der Waals surface area contributed by atoms with Crippen LogP contribution in [0.3, 0.4) is 0 Å². The van der Waals surface area contributed by atoms with Crippen molar-refractivity contribution in [2.45, 2.75) is 17.2 Å². The van der Waals surface area contributed by atoms with Crippen molar-refractivity contribution in [2.24, 2.45) is 0 Å². The van der Waals surface area contributed by atoms with Gasteiger partial charge in [-0.15, -0.1) is 0 Å². The molecule has 0 heterocycles. The summed E-state index contributed by atoms with van der Waals surface area (Å²) in [5.74, 6) is -2.68. The molecule has 0 unspecified atom stereocenters. The number of hydrogen-bond acceptors (Lipinski definition) is 2. The van der Waals surface area contributed by atoms with E-state index in [0.29, 0.717) is 18.2 Å². The first-order chi connectivity index (χ1) is 11.7. The van der Waals surface area contributed by atoms with Gasteiger partial charge >= 0.3 is 12.4 Å². The van der Waals surface area contributed by atoms with Gasteiger partial charge in [0, 0.05) is 6.07 Å². The van der Waals surface area contributed by atoms with Crippen LogP contribution in [0.25, 0.3) is 0 Å². The van der Waals surface area contributed by atoms with E-state index in [9.17, 15) is 43.5 Å². The molecule has 2 rings (SSSR count). The number of halogens is 8. The highest BCUT2D eigenvalue weighted by molar-refractivity contribution is 7.92. The van der Waals surface area contributed by atoms with Crippen LogP contribution in [-0.4, -0.2) is 8.42 Å². The molecule has 0 radical (unpaired) electrons. The monoisotopic (exact) mass is 405 g/mol. The lowest BCUT2D eigenvalue weighted by Crippen LogP contribution is -2.19. The van der Waals surface area contributed by atoms with Gasteiger partial charge in [-0.1, -0.05) is 0 Å². The lowest BCUT2D eigenvalue weighted by Gasteiger charge is -2.17. The first-order valence-electron chi connectivity index (χ1n) is 6.47. The van der Waals surface area contributed by atoms with Crippen molar-refractivity contribution < 1.29 is 43.5 Å². The average Bonchev–Trinajstić information content (AvgIpc) is 2.43. The molecule has 0 amide bonds. The Kier molecular flexibility index (Phi) is 4.92. The first-order valence-corrected chi connectivity index (χ1v) is 7.96. The van der Waals surface area contributed by atoms with Crippen LogP contribution in [0.4, 0.5) is 40.8 Å². The van der Waals surface area contributed by atoms with E-state index in [2.05, 4.69) is 0 Å². The van der Waals surface area contributed by atoms with Crippen LogP contribution in [0.5, 0.6) is 0 Å². The van der Waals surface area contributed by atoms with Gasteiger partial charge in [0.15, 0.2) is 0 Å². The second-order valence-electron chi connectivity index (χ2n) is 4.97. The third-order valence-electron chi connectivity index (χ3n) is 3.04. The van der Waals surface area contributed by atoms with Crippen LogP contribution in [0, 0.1) is 11.6 Å². The fourth-order valence-electron chi connectivity index (χ4n) is 1.94. The Hall–Kier alpha value is -2.37. The van der Waals surface area contributed by atoms with Gasteiger partial charge < -0.3 is 0 Å². The molecule has 3 nitrogen and oxygen atoms in total. The summed E-state index contributed by atoms with van der Waals surface area (Å²) in [5, 5.41) is 0. The predicted molar refractivity (Wildman–Crippen MR) is 73.6 cm³/mol. The first kappa shape index (κ1) is 19.9. The van der Waals surface area contributed by atoms with E-state index in [1.165, 1.54) is 4.72 Å². The maximum atomic E-state index is 13.1. The zero-order chi connectivity index (χ0) is 19.9. The van der Waals surface area contributed by atoms with Crippen LogP contribution >= 0.6 is 0 Å². The molecule has 0 aliphatic heterocycles. The van der Waals surface area contributed by atoms with Crippen LogP contribution in [0.2, 0.25) is 0 Å². The smallest absolute Gasteiger partial charge is 0.279 e. The van der Waals surface area contributed by atoms with Crippen LogP contribution in [-0.2, 0) is 22.4 Å². The summed E-state index contributed by atoms with van der Waals surface area (Å²) in [7, 11) is -5.00. The van der Waals surface area contributed by atoms with E-state index in [0.717, 1.165) is 0 Å². The van der Waals surface area contributed by atoms with E-state index in [1.807, 2.05) is 0 Å². The molecule has 2 aromatic rings. The summed E-state index contributed by atoms with van der Waals surface area (Å²) >= 11 is 0. The summed E-state index contributed by atoms with van der Waals surface area (Å²) in [6.07, 6.45) is -10.2. The SMILES string of the molecule is O=S(=O)(Nc1cc(C(F)(F)F)ccc1C(F)(F)F)c1cc(F)cc(F)c1. The van der Waals surface area contributed by atoms with Crippen molar-refractivity contribution in [3.63, 3.8) is 0 Å². The number of sulfonamides is 1. The molecule has 142 valence electrons. The zero-order valence-corrected chi connectivity index (χ0v) is 13.0. The van der Waals surface area contributed by atoms with E-state index in [1.54, 1.807) is 0 Å². The van der Waals surface area contributed by atoms with Crippen LogP contribution < -0.4 is 4.72 Å². The summed E-state index contributed by atoms with van der Waals surface area (Å²) in [6, 6.07) is 1.02. The quantitative estimate of drug-likeness (QED) is 0.746. The van der Waals surface area contributed by atoms with Gasteiger partial charge in [-0.3, -0.25) is 4.72 Å². The van der Waals surface area contributed by atoms with Crippen LogP contribution in [0.15, 0.2) is 41.3 Å². The molecule has 0 aliphatic carbocycles. The number of nitrogens with one attached hydrogen (secondary N) is 1. The van der Waals surface area contributed by atoms with Gasteiger partial charge in [-0.25, -0.2) is 17.2 Å². The highest BCUT2D eigenvalue weighted by atomic mass is 32.2. The lowest BCUT2D eigenvalue weighted by molar-refractivity contribution is -0.140. The Labute approximate surface area is 141 Å². The summed E-state index contributed by atoms with van der Waals surface area (Å²) in [6.45, 7) is 0. The molecular weight excluding hydrogens is 398 g/mol.